The quantitative estimate of drug-likeness (QED) is 0.817. The molecule has 1 aromatic carbocycles. The molecule has 0 spiro atoms. The van der Waals surface area contributed by atoms with Crippen molar-refractivity contribution < 1.29 is 18.3 Å². The minimum Gasteiger partial charge on any atom is -0.493 e. The lowest BCUT2D eigenvalue weighted by Gasteiger charge is -2.25. The number of hydrogen-bond donors (Lipinski definition) is 1. The highest BCUT2D eigenvalue weighted by Crippen LogP contribution is 2.34. The molecule has 2 rings (SSSR count). The van der Waals surface area contributed by atoms with E-state index >= 15 is 0 Å². The van der Waals surface area contributed by atoms with Gasteiger partial charge in [-0.25, -0.2) is 0 Å². The Morgan fingerprint density at radius 1 is 1.52 bits per heavy atom. The second kappa shape index (κ2) is 6.43. The van der Waals surface area contributed by atoms with Crippen molar-refractivity contribution in [2.24, 2.45) is 10.7 Å². The number of guanidine groups is 1. The van der Waals surface area contributed by atoms with Crippen molar-refractivity contribution in [2.75, 3.05) is 20.2 Å². The maximum atomic E-state index is 12.5. The van der Waals surface area contributed by atoms with Crippen molar-refractivity contribution in [1.82, 2.24) is 4.90 Å². The number of aliphatic imine (C=N–C) groups is 1. The molecule has 1 heterocycles. The summed E-state index contributed by atoms with van der Waals surface area (Å²) in [4.78, 5) is 6.03. The average Bonchev–Trinajstić information content (AvgIpc) is 2.80. The van der Waals surface area contributed by atoms with Gasteiger partial charge in [-0.15, -0.1) is 6.58 Å². The first kappa shape index (κ1) is 15.1. The summed E-state index contributed by atoms with van der Waals surface area (Å²) in [5, 5.41) is 0. The van der Waals surface area contributed by atoms with Gasteiger partial charge in [0, 0.05) is 6.54 Å². The Balaban J connectivity index is 2.29. The molecule has 0 radical (unpaired) electrons. The van der Waals surface area contributed by atoms with Crippen molar-refractivity contribution in [3.8, 4) is 11.5 Å². The van der Waals surface area contributed by atoms with Crippen molar-refractivity contribution in [2.45, 2.75) is 12.7 Å². The van der Waals surface area contributed by atoms with E-state index in [9.17, 15) is 8.78 Å². The van der Waals surface area contributed by atoms with Gasteiger partial charge in [0.05, 0.1) is 19.7 Å². The average molecular weight is 297 g/mol. The molecule has 1 aromatic rings. The van der Waals surface area contributed by atoms with Gasteiger partial charge in [0.1, 0.15) is 0 Å². The van der Waals surface area contributed by atoms with E-state index in [0.29, 0.717) is 19.0 Å². The Bertz CT molecular complexity index is 549. The van der Waals surface area contributed by atoms with Crippen molar-refractivity contribution >= 4 is 5.96 Å². The number of alkyl halides is 2. The van der Waals surface area contributed by atoms with Crippen LogP contribution in [0.25, 0.3) is 0 Å². The molecule has 1 aliphatic heterocycles. The third-order valence-electron chi connectivity index (χ3n) is 3.21. The van der Waals surface area contributed by atoms with Crippen LogP contribution in [0.15, 0.2) is 35.8 Å². The third-order valence-corrected chi connectivity index (χ3v) is 3.21. The standard InChI is InChI=1S/C14H17F2N3O2/c1-3-6-19-10(8-18-14(19)17)9-4-5-11(20-2)12(7-9)21-13(15)16/h3-5,7,10,13H,1,6,8H2,2H3,(H2,17,18). The van der Waals surface area contributed by atoms with E-state index in [-0.39, 0.29) is 17.5 Å². The Hall–Kier alpha value is -2.31. The van der Waals surface area contributed by atoms with Crippen molar-refractivity contribution in [3.63, 3.8) is 0 Å². The van der Waals surface area contributed by atoms with E-state index in [1.807, 2.05) is 4.90 Å². The number of methoxy groups -OCH3 is 1. The Kier molecular flexibility index (Phi) is 4.62. The van der Waals surface area contributed by atoms with Gasteiger partial charge in [0.25, 0.3) is 0 Å². The summed E-state index contributed by atoms with van der Waals surface area (Å²) in [6.07, 6.45) is 1.71. The van der Waals surface area contributed by atoms with Gasteiger partial charge in [0.15, 0.2) is 17.5 Å². The van der Waals surface area contributed by atoms with Crippen LogP contribution in [0, 0.1) is 0 Å². The normalized spacial score (nSPS) is 17.8. The maximum absolute atomic E-state index is 12.5. The zero-order valence-corrected chi connectivity index (χ0v) is 11.6. The molecule has 1 aliphatic rings. The summed E-state index contributed by atoms with van der Waals surface area (Å²) in [5.74, 6) is 0.655. The van der Waals surface area contributed by atoms with Gasteiger partial charge in [-0.3, -0.25) is 4.99 Å². The first-order valence-corrected chi connectivity index (χ1v) is 6.37. The molecule has 21 heavy (non-hydrogen) atoms. The second-order valence-electron chi connectivity index (χ2n) is 4.44. The highest BCUT2D eigenvalue weighted by Gasteiger charge is 2.27. The number of benzene rings is 1. The van der Waals surface area contributed by atoms with Crippen LogP contribution in [0.2, 0.25) is 0 Å². The summed E-state index contributed by atoms with van der Waals surface area (Å²) < 4.78 is 34.4. The summed E-state index contributed by atoms with van der Waals surface area (Å²) in [7, 11) is 1.40. The van der Waals surface area contributed by atoms with E-state index in [4.69, 9.17) is 10.5 Å². The summed E-state index contributed by atoms with van der Waals surface area (Å²) in [6.45, 7) is 1.74. The van der Waals surface area contributed by atoms with Crippen molar-refractivity contribution in [3.05, 3.63) is 36.4 Å². The van der Waals surface area contributed by atoms with E-state index in [0.717, 1.165) is 5.56 Å². The zero-order chi connectivity index (χ0) is 15.4. The first-order chi connectivity index (χ1) is 10.1. The van der Waals surface area contributed by atoms with Crippen LogP contribution in [0.1, 0.15) is 11.6 Å². The zero-order valence-electron chi connectivity index (χ0n) is 11.6. The van der Waals surface area contributed by atoms with Gasteiger partial charge >= 0.3 is 6.61 Å². The predicted molar refractivity (Wildman–Crippen MR) is 75.8 cm³/mol. The number of hydrogen-bond acceptors (Lipinski definition) is 5. The molecule has 0 amide bonds. The number of nitrogens with zero attached hydrogens (tertiary/aromatic N) is 2. The predicted octanol–water partition coefficient (Wildman–Crippen LogP) is 2.15. The van der Waals surface area contributed by atoms with E-state index < -0.39 is 6.61 Å². The molecular weight excluding hydrogens is 280 g/mol. The topological polar surface area (TPSA) is 60.1 Å². The molecule has 0 saturated carbocycles. The highest BCUT2D eigenvalue weighted by atomic mass is 19.3. The monoisotopic (exact) mass is 297 g/mol. The van der Waals surface area contributed by atoms with Gasteiger partial charge in [-0.1, -0.05) is 12.1 Å². The fourth-order valence-corrected chi connectivity index (χ4v) is 2.26. The number of rotatable bonds is 6. The molecule has 5 nitrogen and oxygen atoms in total. The minimum atomic E-state index is -2.91. The van der Waals surface area contributed by atoms with Crippen LogP contribution < -0.4 is 15.2 Å². The maximum Gasteiger partial charge on any atom is 0.387 e. The largest absolute Gasteiger partial charge is 0.493 e. The van der Waals surface area contributed by atoms with E-state index in [1.165, 1.54) is 13.2 Å². The van der Waals surface area contributed by atoms with Gasteiger partial charge in [-0.05, 0) is 17.7 Å². The van der Waals surface area contributed by atoms with Crippen LogP contribution in [0.3, 0.4) is 0 Å². The molecule has 0 bridgehead atoms. The molecule has 0 aliphatic carbocycles. The van der Waals surface area contributed by atoms with Gasteiger partial charge < -0.3 is 20.1 Å². The van der Waals surface area contributed by atoms with Crippen LogP contribution in [0.5, 0.6) is 11.5 Å². The van der Waals surface area contributed by atoms with E-state index in [1.54, 1.807) is 18.2 Å². The molecule has 1 unspecified atom stereocenters. The molecule has 0 aromatic heterocycles. The lowest BCUT2D eigenvalue weighted by molar-refractivity contribution is -0.0512. The molecule has 0 fully saturated rings. The fraction of sp³-hybridized carbons (Fsp3) is 0.357. The summed E-state index contributed by atoms with van der Waals surface area (Å²) in [6, 6.07) is 4.77. The smallest absolute Gasteiger partial charge is 0.387 e. The Morgan fingerprint density at radius 2 is 2.29 bits per heavy atom. The number of nitrogens with two attached hydrogens (primary N) is 1. The molecule has 7 heteroatoms. The SMILES string of the molecule is C=CCN1C(N)=NCC1c1ccc(OC)c(OC(F)F)c1. The second-order valence-corrected chi connectivity index (χ2v) is 4.44. The Labute approximate surface area is 121 Å². The highest BCUT2D eigenvalue weighted by molar-refractivity contribution is 5.80. The van der Waals surface area contributed by atoms with Crippen molar-refractivity contribution in [1.29, 1.82) is 0 Å². The lowest BCUT2D eigenvalue weighted by atomic mass is 10.1. The number of halogens is 2. The van der Waals surface area contributed by atoms with Crippen LogP contribution in [-0.4, -0.2) is 37.7 Å². The van der Waals surface area contributed by atoms with Gasteiger partial charge in [-0.2, -0.15) is 8.78 Å². The molecule has 0 saturated heterocycles. The third kappa shape index (κ3) is 3.24. The van der Waals surface area contributed by atoms with Crippen LogP contribution in [0.4, 0.5) is 8.78 Å². The van der Waals surface area contributed by atoms with Crippen LogP contribution >= 0.6 is 0 Å². The van der Waals surface area contributed by atoms with E-state index in [2.05, 4.69) is 16.3 Å². The first-order valence-electron chi connectivity index (χ1n) is 6.37. The summed E-state index contributed by atoms with van der Waals surface area (Å²) in [5.41, 5.74) is 6.60. The fourth-order valence-electron chi connectivity index (χ4n) is 2.26. The lowest BCUT2D eigenvalue weighted by Crippen LogP contribution is -2.36. The molecular formula is C14H17F2N3O2. The van der Waals surface area contributed by atoms with Crippen LogP contribution in [-0.2, 0) is 0 Å². The number of ether oxygens (including phenoxy) is 2. The minimum absolute atomic E-state index is 0.00553. The molecule has 1 atom stereocenters. The Morgan fingerprint density at radius 3 is 2.90 bits per heavy atom. The summed E-state index contributed by atoms with van der Waals surface area (Å²) >= 11 is 0. The molecule has 2 N–H and O–H groups in total. The van der Waals surface area contributed by atoms with Gasteiger partial charge in [0.2, 0.25) is 0 Å². The molecule has 114 valence electrons.